The normalized spacial score (nSPS) is 16.8. The molecule has 0 aromatic carbocycles. The van der Waals surface area contributed by atoms with Crippen LogP contribution in [-0.4, -0.2) is 21.4 Å². The Labute approximate surface area is 132 Å². The van der Waals surface area contributed by atoms with Crippen LogP contribution in [0.3, 0.4) is 0 Å². The van der Waals surface area contributed by atoms with Gasteiger partial charge in [0, 0.05) is 11.5 Å². The van der Waals surface area contributed by atoms with Crippen LogP contribution in [0.5, 0.6) is 0 Å². The third-order valence-electron chi connectivity index (χ3n) is 4.22. The molecule has 3 nitrogen and oxygen atoms in total. The van der Waals surface area contributed by atoms with Gasteiger partial charge in [-0.25, -0.2) is 0 Å². The molecule has 1 aromatic rings. The molecule has 0 amide bonds. The van der Waals surface area contributed by atoms with Crippen molar-refractivity contribution in [1.82, 2.24) is 5.16 Å². The molecule has 0 N–H and O–H groups in total. The Kier molecular flexibility index (Phi) is 4.86. The minimum atomic E-state index is -0.337. The van der Waals surface area contributed by atoms with Crippen molar-refractivity contribution in [1.29, 1.82) is 0 Å². The lowest BCUT2D eigenvalue weighted by molar-refractivity contribution is -0.120. The van der Waals surface area contributed by atoms with Gasteiger partial charge in [0.2, 0.25) is 0 Å². The average molecular weight is 309 g/mol. The highest BCUT2D eigenvalue weighted by Crippen LogP contribution is 2.35. The summed E-state index contributed by atoms with van der Waals surface area (Å²) in [4.78, 5) is 12.5. The van der Waals surface area contributed by atoms with Crippen LogP contribution in [-0.2, 0) is 16.6 Å². The molecule has 21 heavy (non-hydrogen) atoms. The highest BCUT2D eigenvalue weighted by atomic mass is 32.2. The average Bonchev–Trinajstić information content (AvgIpc) is 2.74. The van der Waals surface area contributed by atoms with Gasteiger partial charge in [0.25, 0.3) is 0 Å². The maximum atomic E-state index is 12.5. The molecule has 0 unspecified atom stereocenters. The maximum absolute atomic E-state index is 12.5. The van der Waals surface area contributed by atoms with E-state index in [0.29, 0.717) is 6.42 Å². The first-order valence-corrected chi connectivity index (χ1v) is 8.80. The van der Waals surface area contributed by atoms with E-state index in [2.05, 4.69) is 25.9 Å². The predicted octanol–water partition coefficient (Wildman–Crippen LogP) is 4.40. The Morgan fingerprint density at radius 3 is 2.48 bits per heavy atom. The summed E-state index contributed by atoms with van der Waals surface area (Å²) in [5, 5.41) is 4.05. The first-order valence-electron chi connectivity index (χ1n) is 7.82. The van der Waals surface area contributed by atoms with Gasteiger partial charge in [-0.3, -0.25) is 4.79 Å². The molecule has 1 aromatic heterocycles. The van der Waals surface area contributed by atoms with Crippen molar-refractivity contribution in [2.45, 2.75) is 70.5 Å². The molecule has 118 valence electrons. The Morgan fingerprint density at radius 2 is 2.00 bits per heavy atom. The third-order valence-corrected chi connectivity index (χ3v) is 5.80. The number of nitrogens with zero attached hydrogens (tertiary/aromatic N) is 1. The first-order chi connectivity index (χ1) is 9.68. The van der Waals surface area contributed by atoms with E-state index in [0.717, 1.165) is 23.1 Å². The number of thioether (sulfide) groups is 1. The third kappa shape index (κ3) is 4.35. The Balaban J connectivity index is 1.91. The molecule has 1 saturated carbocycles. The predicted molar refractivity (Wildman–Crippen MR) is 87.8 cm³/mol. The van der Waals surface area contributed by atoms with Gasteiger partial charge in [-0.2, -0.15) is 0 Å². The molecule has 0 bridgehead atoms. The molecule has 0 aliphatic heterocycles. The van der Waals surface area contributed by atoms with Gasteiger partial charge in [-0.15, -0.1) is 11.8 Å². The van der Waals surface area contributed by atoms with E-state index in [1.54, 1.807) is 11.8 Å². The number of carbonyl (C=O) groups excluding carboxylic acids is 1. The fraction of sp³-hybridized carbons (Fsp3) is 0.765. The van der Waals surface area contributed by atoms with Crippen molar-refractivity contribution in [3.63, 3.8) is 0 Å². The van der Waals surface area contributed by atoms with Gasteiger partial charge in [-0.05, 0) is 38.4 Å². The number of carbonyl (C=O) groups is 1. The van der Waals surface area contributed by atoms with Crippen LogP contribution in [0.2, 0.25) is 0 Å². The standard InChI is InChI=1S/C17H27NO2S/c1-16(2,3)15-10-13(18-20-15)9-14(19)17(4,5)21-11-12-7-6-8-12/h10,12H,6-9,11H2,1-5H3. The SMILES string of the molecule is CC(C)(SCC1CCC1)C(=O)Cc1cc(C(C)(C)C)on1. The van der Waals surface area contributed by atoms with E-state index in [-0.39, 0.29) is 15.9 Å². The highest BCUT2D eigenvalue weighted by Gasteiger charge is 2.31. The number of aromatic nitrogens is 1. The molecule has 0 saturated heterocycles. The van der Waals surface area contributed by atoms with E-state index < -0.39 is 0 Å². The fourth-order valence-corrected chi connectivity index (χ4v) is 3.41. The fourth-order valence-electron chi connectivity index (χ4n) is 2.19. The lowest BCUT2D eigenvalue weighted by Crippen LogP contribution is -2.31. The molecule has 1 heterocycles. The van der Waals surface area contributed by atoms with Crippen molar-refractivity contribution in [3.05, 3.63) is 17.5 Å². The smallest absolute Gasteiger partial charge is 0.154 e. The van der Waals surface area contributed by atoms with E-state index in [9.17, 15) is 4.79 Å². The van der Waals surface area contributed by atoms with Crippen molar-refractivity contribution >= 4 is 17.5 Å². The van der Waals surface area contributed by atoms with Crippen molar-refractivity contribution in [3.8, 4) is 0 Å². The number of hydrogen-bond donors (Lipinski definition) is 0. The molecule has 4 heteroatoms. The van der Waals surface area contributed by atoms with Gasteiger partial charge in [0.15, 0.2) is 5.78 Å². The van der Waals surface area contributed by atoms with E-state index >= 15 is 0 Å². The van der Waals surface area contributed by atoms with Gasteiger partial charge in [0.05, 0.1) is 16.9 Å². The lowest BCUT2D eigenvalue weighted by Gasteiger charge is -2.29. The van der Waals surface area contributed by atoms with Crippen LogP contribution >= 0.6 is 11.8 Å². The van der Waals surface area contributed by atoms with E-state index in [1.807, 2.05) is 19.9 Å². The number of hydrogen-bond acceptors (Lipinski definition) is 4. The molecular weight excluding hydrogens is 282 g/mol. The van der Waals surface area contributed by atoms with Gasteiger partial charge in [-0.1, -0.05) is 32.3 Å². The van der Waals surface area contributed by atoms with E-state index in [4.69, 9.17) is 4.52 Å². The maximum Gasteiger partial charge on any atom is 0.154 e. The minimum absolute atomic E-state index is 0.0667. The summed E-state index contributed by atoms with van der Waals surface area (Å²) in [6, 6.07) is 1.92. The van der Waals surface area contributed by atoms with Crippen LogP contribution in [0, 0.1) is 5.92 Å². The van der Waals surface area contributed by atoms with E-state index in [1.165, 1.54) is 19.3 Å². The first kappa shape index (κ1) is 16.6. The zero-order valence-corrected chi connectivity index (χ0v) is 14.7. The van der Waals surface area contributed by atoms with Crippen LogP contribution in [0.25, 0.3) is 0 Å². The summed E-state index contributed by atoms with van der Waals surface area (Å²) < 4.78 is 5.02. The largest absolute Gasteiger partial charge is 0.361 e. The van der Waals surface area contributed by atoms with Gasteiger partial charge >= 0.3 is 0 Å². The van der Waals surface area contributed by atoms with Gasteiger partial charge in [0.1, 0.15) is 5.76 Å². The second-order valence-corrected chi connectivity index (χ2v) is 9.29. The molecule has 2 rings (SSSR count). The molecule has 0 radical (unpaired) electrons. The molecule has 1 fully saturated rings. The number of ketones is 1. The quantitative estimate of drug-likeness (QED) is 0.781. The monoisotopic (exact) mass is 309 g/mol. The lowest BCUT2D eigenvalue weighted by atomic mass is 9.87. The molecule has 1 aliphatic carbocycles. The Hall–Kier alpha value is -0.770. The molecule has 0 spiro atoms. The second kappa shape index (κ2) is 6.15. The van der Waals surface area contributed by atoms with Crippen molar-refractivity contribution < 1.29 is 9.32 Å². The number of rotatable bonds is 6. The molecule has 1 aliphatic rings. The van der Waals surface area contributed by atoms with Crippen molar-refractivity contribution in [2.24, 2.45) is 5.92 Å². The number of Topliss-reactive ketones (excluding diaryl/α,β-unsaturated/α-hetero) is 1. The Bertz CT molecular complexity index is 495. The molecule has 0 atom stereocenters. The zero-order chi connectivity index (χ0) is 15.7. The summed E-state index contributed by atoms with van der Waals surface area (Å²) in [5.41, 5.74) is 0.685. The van der Waals surface area contributed by atoms with Crippen LogP contribution < -0.4 is 0 Å². The summed E-state index contributed by atoms with van der Waals surface area (Å²) >= 11 is 1.79. The Morgan fingerprint density at radius 1 is 1.33 bits per heavy atom. The van der Waals surface area contributed by atoms with Crippen LogP contribution in [0.15, 0.2) is 10.6 Å². The molecular formula is C17H27NO2S. The van der Waals surface area contributed by atoms with Crippen LogP contribution in [0.1, 0.15) is 65.3 Å². The summed E-state index contributed by atoms with van der Waals surface area (Å²) in [5.74, 6) is 3.00. The van der Waals surface area contributed by atoms with Crippen LogP contribution in [0.4, 0.5) is 0 Å². The zero-order valence-electron chi connectivity index (χ0n) is 13.9. The topological polar surface area (TPSA) is 43.1 Å². The van der Waals surface area contributed by atoms with Gasteiger partial charge < -0.3 is 4.52 Å². The second-order valence-electron chi connectivity index (χ2n) is 7.65. The summed E-state index contributed by atoms with van der Waals surface area (Å²) in [6.45, 7) is 10.3. The summed E-state index contributed by atoms with van der Waals surface area (Å²) in [6.07, 6.45) is 4.38. The van der Waals surface area contributed by atoms with Crippen molar-refractivity contribution in [2.75, 3.05) is 5.75 Å². The summed E-state index contributed by atoms with van der Waals surface area (Å²) in [7, 11) is 0. The highest BCUT2D eigenvalue weighted by molar-refractivity contribution is 8.01. The minimum Gasteiger partial charge on any atom is -0.361 e.